The topological polar surface area (TPSA) is 46.3 Å². The van der Waals surface area contributed by atoms with E-state index in [0.29, 0.717) is 12.5 Å². The molecular formula is C15H22N2OS. The number of nitrogens with zero attached hydrogens (tertiary/aromatic N) is 1. The Balaban J connectivity index is 2.04. The summed E-state index contributed by atoms with van der Waals surface area (Å²) in [6.07, 6.45) is 3.19. The first-order valence-electron chi connectivity index (χ1n) is 6.95. The van der Waals surface area contributed by atoms with Gasteiger partial charge in [-0.1, -0.05) is 19.1 Å². The smallest absolute Gasteiger partial charge is 0.235 e. The lowest BCUT2D eigenvalue weighted by atomic mass is 10.1. The molecule has 104 valence electrons. The Hall–Kier alpha value is -1.16. The van der Waals surface area contributed by atoms with Crippen molar-refractivity contribution < 1.29 is 4.79 Å². The molecule has 2 N–H and O–H groups in total. The molecule has 1 aliphatic heterocycles. The van der Waals surface area contributed by atoms with Crippen molar-refractivity contribution in [1.82, 2.24) is 4.90 Å². The Morgan fingerprint density at radius 3 is 3.00 bits per heavy atom. The van der Waals surface area contributed by atoms with Crippen molar-refractivity contribution >= 4 is 23.4 Å². The molecule has 19 heavy (non-hydrogen) atoms. The Kier molecular flexibility index (Phi) is 5.14. The quantitative estimate of drug-likeness (QED) is 0.842. The van der Waals surface area contributed by atoms with Crippen LogP contribution in [0.25, 0.3) is 0 Å². The van der Waals surface area contributed by atoms with Crippen molar-refractivity contribution in [3.63, 3.8) is 0 Å². The van der Waals surface area contributed by atoms with Crippen LogP contribution in [0.2, 0.25) is 0 Å². The van der Waals surface area contributed by atoms with Crippen LogP contribution in [0.4, 0.5) is 5.69 Å². The van der Waals surface area contributed by atoms with Crippen LogP contribution in [-0.2, 0) is 11.3 Å². The summed E-state index contributed by atoms with van der Waals surface area (Å²) in [7, 11) is 0. The van der Waals surface area contributed by atoms with E-state index in [9.17, 15) is 4.79 Å². The molecule has 2 rings (SSSR count). The van der Waals surface area contributed by atoms with Gasteiger partial charge < -0.3 is 10.6 Å². The predicted molar refractivity (Wildman–Crippen MR) is 82.0 cm³/mol. The van der Waals surface area contributed by atoms with Crippen LogP contribution < -0.4 is 5.73 Å². The number of hydrogen-bond donors (Lipinski definition) is 1. The first-order chi connectivity index (χ1) is 9.20. The van der Waals surface area contributed by atoms with Gasteiger partial charge in [0.2, 0.25) is 5.91 Å². The number of amides is 1. The summed E-state index contributed by atoms with van der Waals surface area (Å²) < 4.78 is 0. The van der Waals surface area contributed by atoms with Gasteiger partial charge >= 0.3 is 0 Å². The Morgan fingerprint density at radius 1 is 1.53 bits per heavy atom. The van der Waals surface area contributed by atoms with E-state index in [0.717, 1.165) is 36.4 Å². The zero-order valence-electron chi connectivity index (χ0n) is 11.5. The summed E-state index contributed by atoms with van der Waals surface area (Å²) in [4.78, 5) is 14.5. The van der Waals surface area contributed by atoms with Gasteiger partial charge in [-0.2, -0.15) is 0 Å². The minimum absolute atomic E-state index is 0.174. The molecule has 3 nitrogen and oxygen atoms in total. The number of carbonyl (C=O) groups excluding carboxylic acids is 1. The van der Waals surface area contributed by atoms with Crippen molar-refractivity contribution in [3.05, 3.63) is 29.8 Å². The largest absolute Gasteiger partial charge is 0.399 e. The van der Waals surface area contributed by atoms with E-state index in [2.05, 4.69) is 6.92 Å². The standard InChI is InChI=1S/C15H22N2OS/c1-2-8-17(15(18)14-7-4-9-19-14)11-12-5-3-6-13(16)10-12/h3,5-6,10,14H,2,4,7-9,11,16H2,1H3. The van der Waals surface area contributed by atoms with Gasteiger partial charge in [-0.05, 0) is 42.7 Å². The molecule has 0 spiro atoms. The van der Waals surface area contributed by atoms with Gasteiger partial charge in [-0.3, -0.25) is 4.79 Å². The van der Waals surface area contributed by atoms with Gasteiger partial charge in [-0.15, -0.1) is 11.8 Å². The minimum atomic E-state index is 0.174. The third-order valence-electron chi connectivity index (χ3n) is 3.33. The molecule has 1 atom stereocenters. The summed E-state index contributed by atoms with van der Waals surface area (Å²) in [5.74, 6) is 1.42. The third-order valence-corrected chi connectivity index (χ3v) is 4.70. The van der Waals surface area contributed by atoms with Crippen molar-refractivity contribution in [2.45, 2.75) is 38.0 Å². The molecule has 1 unspecified atom stereocenters. The fourth-order valence-corrected chi connectivity index (χ4v) is 3.67. The molecule has 0 bridgehead atoms. The highest BCUT2D eigenvalue weighted by Crippen LogP contribution is 2.28. The van der Waals surface area contributed by atoms with E-state index in [4.69, 9.17) is 5.73 Å². The molecule has 0 radical (unpaired) electrons. The number of rotatable bonds is 5. The molecular weight excluding hydrogens is 256 g/mol. The normalized spacial score (nSPS) is 18.5. The molecule has 0 aliphatic carbocycles. The molecule has 0 aromatic heterocycles. The summed E-state index contributed by atoms with van der Waals surface area (Å²) in [5, 5.41) is 0.174. The van der Waals surface area contributed by atoms with Gasteiger partial charge in [0, 0.05) is 18.8 Å². The van der Waals surface area contributed by atoms with Gasteiger partial charge in [0.15, 0.2) is 0 Å². The van der Waals surface area contributed by atoms with E-state index in [1.54, 1.807) is 11.8 Å². The molecule has 0 saturated carbocycles. The van der Waals surface area contributed by atoms with E-state index in [1.807, 2.05) is 29.2 Å². The molecule has 1 saturated heterocycles. The maximum atomic E-state index is 12.5. The number of anilines is 1. The highest BCUT2D eigenvalue weighted by Gasteiger charge is 2.27. The van der Waals surface area contributed by atoms with Crippen LogP contribution in [0.5, 0.6) is 0 Å². The number of nitrogens with two attached hydrogens (primary N) is 1. The van der Waals surface area contributed by atoms with Crippen molar-refractivity contribution in [1.29, 1.82) is 0 Å². The second-order valence-electron chi connectivity index (χ2n) is 5.01. The van der Waals surface area contributed by atoms with E-state index in [1.165, 1.54) is 6.42 Å². The number of benzene rings is 1. The average Bonchev–Trinajstić information content (AvgIpc) is 2.91. The average molecular weight is 278 g/mol. The van der Waals surface area contributed by atoms with Gasteiger partial charge in [-0.25, -0.2) is 0 Å². The lowest BCUT2D eigenvalue weighted by molar-refractivity contribution is -0.131. The maximum Gasteiger partial charge on any atom is 0.235 e. The fourth-order valence-electron chi connectivity index (χ4n) is 2.42. The zero-order chi connectivity index (χ0) is 13.7. The molecule has 1 fully saturated rings. The van der Waals surface area contributed by atoms with Gasteiger partial charge in [0.05, 0.1) is 5.25 Å². The predicted octanol–water partition coefficient (Wildman–Crippen LogP) is 2.90. The molecule has 1 aromatic rings. The Labute approximate surface area is 119 Å². The molecule has 1 aliphatic rings. The number of hydrogen-bond acceptors (Lipinski definition) is 3. The second kappa shape index (κ2) is 6.85. The third kappa shape index (κ3) is 3.90. The number of thioether (sulfide) groups is 1. The van der Waals surface area contributed by atoms with Crippen molar-refractivity contribution in [2.75, 3.05) is 18.0 Å². The molecule has 1 aromatic carbocycles. The summed E-state index contributed by atoms with van der Waals surface area (Å²) in [6, 6.07) is 7.82. The lowest BCUT2D eigenvalue weighted by Gasteiger charge is -2.25. The molecule has 1 amide bonds. The highest BCUT2D eigenvalue weighted by molar-refractivity contribution is 8.00. The highest BCUT2D eigenvalue weighted by atomic mass is 32.2. The first-order valence-corrected chi connectivity index (χ1v) is 8.00. The monoisotopic (exact) mass is 278 g/mol. The minimum Gasteiger partial charge on any atom is -0.399 e. The van der Waals surface area contributed by atoms with Crippen LogP contribution in [0.3, 0.4) is 0 Å². The van der Waals surface area contributed by atoms with Crippen LogP contribution in [0, 0.1) is 0 Å². The van der Waals surface area contributed by atoms with Crippen LogP contribution >= 0.6 is 11.8 Å². The van der Waals surface area contributed by atoms with Crippen LogP contribution in [-0.4, -0.2) is 28.4 Å². The van der Waals surface area contributed by atoms with Crippen LogP contribution in [0.1, 0.15) is 31.7 Å². The second-order valence-corrected chi connectivity index (χ2v) is 6.32. The number of carbonyl (C=O) groups is 1. The lowest BCUT2D eigenvalue weighted by Crippen LogP contribution is -2.37. The zero-order valence-corrected chi connectivity index (χ0v) is 12.3. The van der Waals surface area contributed by atoms with Crippen molar-refractivity contribution in [3.8, 4) is 0 Å². The fraction of sp³-hybridized carbons (Fsp3) is 0.533. The number of nitrogen functional groups attached to an aromatic ring is 1. The summed E-state index contributed by atoms with van der Waals surface area (Å²) >= 11 is 1.80. The van der Waals surface area contributed by atoms with E-state index < -0.39 is 0 Å². The molecule has 4 heteroatoms. The maximum absolute atomic E-state index is 12.5. The summed E-state index contributed by atoms with van der Waals surface area (Å²) in [5.41, 5.74) is 7.68. The van der Waals surface area contributed by atoms with Crippen molar-refractivity contribution in [2.24, 2.45) is 0 Å². The SMILES string of the molecule is CCCN(Cc1cccc(N)c1)C(=O)C1CCCS1. The van der Waals surface area contributed by atoms with Crippen LogP contribution in [0.15, 0.2) is 24.3 Å². The van der Waals surface area contributed by atoms with Gasteiger partial charge in [0.25, 0.3) is 0 Å². The van der Waals surface area contributed by atoms with E-state index >= 15 is 0 Å². The molecule has 1 heterocycles. The first kappa shape index (κ1) is 14.3. The summed E-state index contributed by atoms with van der Waals surface area (Å²) in [6.45, 7) is 3.61. The Bertz CT molecular complexity index is 430. The van der Waals surface area contributed by atoms with E-state index in [-0.39, 0.29) is 5.25 Å². The Morgan fingerprint density at radius 2 is 2.37 bits per heavy atom. The van der Waals surface area contributed by atoms with Gasteiger partial charge in [0.1, 0.15) is 0 Å².